The van der Waals surface area contributed by atoms with E-state index < -0.39 is 23.4 Å². The molecule has 158 valence electrons. The van der Waals surface area contributed by atoms with Crippen molar-refractivity contribution in [2.45, 2.75) is 44.6 Å². The SMILES string of the molecule is COc1ccc(CC(=O)NN2C(=O)NC3(CCC(C)CC3)C2=O)c(OC)c1OC. The maximum Gasteiger partial charge on any atom is 0.344 e. The molecule has 2 aliphatic rings. The second-order valence-electron chi connectivity index (χ2n) is 7.54. The Morgan fingerprint density at radius 3 is 2.38 bits per heavy atom. The number of nitrogens with one attached hydrogen (secondary N) is 2. The van der Waals surface area contributed by atoms with Crippen LogP contribution < -0.4 is 25.0 Å². The fraction of sp³-hybridized carbons (Fsp3) is 0.550. The van der Waals surface area contributed by atoms with Gasteiger partial charge in [-0.3, -0.25) is 15.0 Å². The van der Waals surface area contributed by atoms with E-state index in [0.717, 1.165) is 17.9 Å². The predicted molar refractivity (Wildman–Crippen MR) is 104 cm³/mol. The summed E-state index contributed by atoms with van der Waals surface area (Å²) in [5.74, 6) is 0.798. The van der Waals surface area contributed by atoms with E-state index in [-0.39, 0.29) is 6.42 Å². The molecule has 9 nitrogen and oxygen atoms in total. The van der Waals surface area contributed by atoms with Crippen molar-refractivity contribution in [3.63, 3.8) is 0 Å². The van der Waals surface area contributed by atoms with Gasteiger partial charge < -0.3 is 19.5 Å². The third-order valence-electron chi connectivity index (χ3n) is 5.66. The van der Waals surface area contributed by atoms with Crippen LogP contribution in [0.1, 0.15) is 38.2 Å². The number of urea groups is 1. The summed E-state index contributed by atoms with van der Waals surface area (Å²) in [6, 6.07) is 2.74. The maximum atomic E-state index is 12.9. The van der Waals surface area contributed by atoms with Gasteiger partial charge >= 0.3 is 6.03 Å². The van der Waals surface area contributed by atoms with Crippen LogP contribution >= 0.6 is 0 Å². The van der Waals surface area contributed by atoms with Crippen molar-refractivity contribution < 1.29 is 28.6 Å². The first-order valence-electron chi connectivity index (χ1n) is 9.59. The van der Waals surface area contributed by atoms with Crippen molar-refractivity contribution in [2.75, 3.05) is 21.3 Å². The van der Waals surface area contributed by atoms with E-state index >= 15 is 0 Å². The quantitative estimate of drug-likeness (QED) is 0.699. The maximum absolute atomic E-state index is 12.9. The Morgan fingerprint density at radius 2 is 1.79 bits per heavy atom. The molecule has 3 rings (SSSR count). The third-order valence-corrected chi connectivity index (χ3v) is 5.66. The molecule has 1 heterocycles. The highest BCUT2D eigenvalue weighted by molar-refractivity contribution is 6.08. The Morgan fingerprint density at radius 1 is 1.14 bits per heavy atom. The molecule has 1 saturated carbocycles. The topological polar surface area (TPSA) is 106 Å². The van der Waals surface area contributed by atoms with Gasteiger partial charge in [-0.05, 0) is 37.7 Å². The van der Waals surface area contributed by atoms with E-state index in [4.69, 9.17) is 14.2 Å². The summed E-state index contributed by atoms with van der Waals surface area (Å²) >= 11 is 0. The molecule has 0 atom stereocenters. The van der Waals surface area contributed by atoms with Crippen molar-refractivity contribution in [1.82, 2.24) is 15.8 Å². The molecule has 1 aromatic carbocycles. The van der Waals surface area contributed by atoms with E-state index in [9.17, 15) is 14.4 Å². The first-order valence-corrected chi connectivity index (χ1v) is 9.59. The zero-order valence-electron chi connectivity index (χ0n) is 17.2. The monoisotopic (exact) mass is 405 g/mol. The number of amides is 4. The number of rotatable bonds is 6. The van der Waals surface area contributed by atoms with Crippen LogP contribution in [0.3, 0.4) is 0 Å². The highest BCUT2D eigenvalue weighted by Gasteiger charge is 2.52. The normalized spacial score (nSPS) is 23.7. The Balaban J connectivity index is 1.73. The average molecular weight is 405 g/mol. The molecule has 4 amide bonds. The lowest BCUT2D eigenvalue weighted by Gasteiger charge is -2.33. The van der Waals surface area contributed by atoms with Crippen molar-refractivity contribution in [3.05, 3.63) is 17.7 Å². The zero-order chi connectivity index (χ0) is 21.2. The van der Waals surface area contributed by atoms with Crippen LogP contribution in [0.5, 0.6) is 17.2 Å². The summed E-state index contributed by atoms with van der Waals surface area (Å²) in [7, 11) is 4.44. The van der Waals surface area contributed by atoms with Crippen LogP contribution in [0.4, 0.5) is 4.79 Å². The average Bonchev–Trinajstić information content (AvgIpc) is 2.93. The van der Waals surface area contributed by atoms with Crippen molar-refractivity contribution in [1.29, 1.82) is 0 Å². The lowest BCUT2D eigenvalue weighted by molar-refractivity contribution is -0.139. The molecular formula is C20H27N3O6. The molecule has 2 N–H and O–H groups in total. The Hall–Kier alpha value is -2.97. The van der Waals surface area contributed by atoms with Crippen molar-refractivity contribution in [3.8, 4) is 17.2 Å². The van der Waals surface area contributed by atoms with Gasteiger partial charge in [-0.25, -0.2) is 4.79 Å². The van der Waals surface area contributed by atoms with E-state index in [2.05, 4.69) is 17.7 Å². The van der Waals surface area contributed by atoms with Gasteiger partial charge in [-0.15, -0.1) is 0 Å². The number of hydrogen-bond acceptors (Lipinski definition) is 6. The molecule has 0 radical (unpaired) electrons. The lowest BCUT2D eigenvalue weighted by Crippen LogP contribution is -2.51. The minimum atomic E-state index is -0.905. The van der Waals surface area contributed by atoms with Gasteiger partial charge in [0.2, 0.25) is 11.7 Å². The van der Waals surface area contributed by atoms with E-state index in [1.165, 1.54) is 21.3 Å². The standard InChI is InChI=1S/C20H27N3O6/c1-12-7-9-20(10-8-12)18(25)23(19(26)21-20)22-15(24)11-13-5-6-14(27-2)17(29-4)16(13)28-3/h5-6,12H,7-11H2,1-4H3,(H,21,26)(H,22,24). The van der Waals surface area contributed by atoms with Crippen molar-refractivity contribution >= 4 is 17.8 Å². The van der Waals surface area contributed by atoms with E-state index in [1.54, 1.807) is 12.1 Å². The molecule has 0 bridgehead atoms. The molecular weight excluding hydrogens is 378 g/mol. The molecule has 1 spiro atoms. The number of hydrazine groups is 1. The Bertz CT molecular complexity index is 817. The van der Waals surface area contributed by atoms with Crippen LogP contribution in [-0.4, -0.2) is 49.7 Å². The smallest absolute Gasteiger partial charge is 0.344 e. The van der Waals surface area contributed by atoms with Crippen LogP contribution in [0.2, 0.25) is 0 Å². The molecule has 0 aromatic heterocycles. The fourth-order valence-electron chi connectivity index (χ4n) is 3.96. The molecule has 29 heavy (non-hydrogen) atoms. The lowest BCUT2D eigenvalue weighted by atomic mass is 9.77. The molecule has 2 fully saturated rings. The number of imide groups is 1. The molecule has 9 heteroatoms. The van der Waals surface area contributed by atoms with E-state index in [0.29, 0.717) is 41.6 Å². The van der Waals surface area contributed by atoms with Crippen LogP contribution in [-0.2, 0) is 16.0 Å². The van der Waals surface area contributed by atoms with Gasteiger partial charge in [0.15, 0.2) is 11.5 Å². The summed E-state index contributed by atoms with van der Waals surface area (Å²) in [6.07, 6.45) is 2.77. The van der Waals surface area contributed by atoms with Gasteiger partial charge in [0.25, 0.3) is 5.91 Å². The zero-order valence-corrected chi connectivity index (χ0v) is 17.2. The number of benzene rings is 1. The minimum Gasteiger partial charge on any atom is -0.493 e. The molecule has 0 unspecified atom stereocenters. The first-order chi connectivity index (χ1) is 13.8. The Kier molecular flexibility index (Phi) is 5.86. The van der Waals surface area contributed by atoms with Gasteiger partial charge in [0, 0.05) is 5.56 Å². The largest absolute Gasteiger partial charge is 0.493 e. The van der Waals surface area contributed by atoms with Crippen LogP contribution in [0.25, 0.3) is 0 Å². The number of nitrogens with zero attached hydrogens (tertiary/aromatic N) is 1. The fourth-order valence-corrected chi connectivity index (χ4v) is 3.96. The predicted octanol–water partition coefficient (Wildman–Crippen LogP) is 1.79. The van der Waals surface area contributed by atoms with Gasteiger partial charge in [-0.1, -0.05) is 13.0 Å². The highest BCUT2D eigenvalue weighted by atomic mass is 16.5. The highest BCUT2D eigenvalue weighted by Crippen LogP contribution is 2.40. The number of carbonyl (C=O) groups is 3. The minimum absolute atomic E-state index is 0.107. The molecule has 1 aromatic rings. The van der Waals surface area contributed by atoms with Crippen LogP contribution in [0, 0.1) is 5.92 Å². The number of hydrogen-bond donors (Lipinski definition) is 2. The summed E-state index contributed by atoms with van der Waals surface area (Å²) in [4.78, 5) is 37.8. The molecule has 1 aliphatic heterocycles. The Labute approximate surface area is 169 Å². The number of carbonyl (C=O) groups excluding carboxylic acids is 3. The molecule has 1 saturated heterocycles. The third kappa shape index (κ3) is 3.81. The van der Waals surface area contributed by atoms with Gasteiger partial charge in [0.05, 0.1) is 27.8 Å². The molecule has 1 aliphatic carbocycles. The second kappa shape index (κ2) is 8.18. The van der Waals surface area contributed by atoms with E-state index in [1.807, 2.05) is 0 Å². The number of ether oxygens (including phenoxy) is 3. The van der Waals surface area contributed by atoms with Gasteiger partial charge in [0.1, 0.15) is 5.54 Å². The number of methoxy groups -OCH3 is 3. The summed E-state index contributed by atoms with van der Waals surface area (Å²) in [5.41, 5.74) is 2.07. The van der Waals surface area contributed by atoms with Crippen LogP contribution in [0.15, 0.2) is 12.1 Å². The second-order valence-corrected chi connectivity index (χ2v) is 7.54. The summed E-state index contributed by atoms with van der Waals surface area (Å²) in [5, 5.41) is 3.57. The van der Waals surface area contributed by atoms with Gasteiger partial charge in [-0.2, -0.15) is 5.01 Å². The first kappa shape index (κ1) is 20.8. The summed E-state index contributed by atoms with van der Waals surface area (Å²) in [6.45, 7) is 2.13. The summed E-state index contributed by atoms with van der Waals surface area (Å²) < 4.78 is 15.9. The van der Waals surface area contributed by atoms with Crippen molar-refractivity contribution in [2.24, 2.45) is 5.92 Å².